The molecule has 27 heavy (non-hydrogen) atoms. The van der Waals surface area contributed by atoms with E-state index >= 15 is 0 Å². The standard InChI is InChI=1S/C20H20FN3O3/c1-2-26-15-9-7-14(8-10-15)13-18(25)22-12-11-19-23-20(24-27-19)16-5-3-4-6-17(16)21/h3-10H,2,11-13H2,1H3,(H,22,25). The smallest absolute Gasteiger partial charge is 0.228 e. The molecule has 6 nitrogen and oxygen atoms in total. The first-order valence-corrected chi connectivity index (χ1v) is 8.71. The lowest BCUT2D eigenvalue weighted by Gasteiger charge is -2.06. The second kappa shape index (κ2) is 8.93. The molecule has 1 N–H and O–H groups in total. The monoisotopic (exact) mass is 369 g/mol. The summed E-state index contributed by atoms with van der Waals surface area (Å²) in [6, 6.07) is 13.6. The van der Waals surface area contributed by atoms with Gasteiger partial charge in [-0.15, -0.1) is 0 Å². The highest BCUT2D eigenvalue weighted by atomic mass is 19.1. The Morgan fingerprint density at radius 2 is 1.96 bits per heavy atom. The van der Waals surface area contributed by atoms with Crippen LogP contribution >= 0.6 is 0 Å². The Labute approximate surface area is 156 Å². The van der Waals surface area contributed by atoms with Crippen molar-refractivity contribution < 1.29 is 18.4 Å². The van der Waals surface area contributed by atoms with Crippen molar-refractivity contribution in [2.24, 2.45) is 0 Å². The third-order valence-electron chi connectivity index (χ3n) is 3.84. The molecule has 1 heterocycles. The van der Waals surface area contributed by atoms with Gasteiger partial charge >= 0.3 is 0 Å². The minimum Gasteiger partial charge on any atom is -0.494 e. The Morgan fingerprint density at radius 1 is 1.19 bits per heavy atom. The number of nitrogens with one attached hydrogen (secondary N) is 1. The van der Waals surface area contributed by atoms with E-state index in [4.69, 9.17) is 9.26 Å². The Morgan fingerprint density at radius 3 is 2.70 bits per heavy atom. The van der Waals surface area contributed by atoms with Crippen LogP contribution in [0.2, 0.25) is 0 Å². The maximum Gasteiger partial charge on any atom is 0.228 e. The molecule has 0 spiro atoms. The molecule has 2 aromatic carbocycles. The van der Waals surface area contributed by atoms with Crippen LogP contribution in [0.15, 0.2) is 53.1 Å². The predicted molar refractivity (Wildman–Crippen MR) is 97.7 cm³/mol. The van der Waals surface area contributed by atoms with E-state index in [1.54, 1.807) is 18.2 Å². The van der Waals surface area contributed by atoms with Crippen LogP contribution in [0.25, 0.3) is 11.4 Å². The summed E-state index contributed by atoms with van der Waals surface area (Å²) in [7, 11) is 0. The molecule has 0 saturated heterocycles. The number of benzene rings is 2. The van der Waals surface area contributed by atoms with Gasteiger partial charge in [0.1, 0.15) is 11.6 Å². The molecular weight excluding hydrogens is 349 g/mol. The minimum absolute atomic E-state index is 0.104. The second-order valence-electron chi connectivity index (χ2n) is 5.85. The molecule has 0 radical (unpaired) electrons. The number of carbonyl (C=O) groups is 1. The van der Waals surface area contributed by atoms with Gasteiger partial charge in [0.25, 0.3) is 0 Å². The van der Waals surface area contributed by atoms with E-state index in [0.29, 0.717) is 25.5 Å². The molecule has 0 aliphatic rings. The van der Waals surface area contributed by atoms with Gasteiger partial charge in [0, 0.05) is 13.0 Å². The van der Waals surface area contributed by atoms with E-state index in [9.17, 15) is 9.18 Å². The van der Waals surface area contributed by atoms with Gasteiger partial charge in [-0.25, -0.2) is 4.39 Å². The minimum atomic E-state index is -0.409. The molecule has 140 valence electrons. The van der Waals surface area contributed by atoms with E-state index in [1.807, 2.05) is 31.2 Å². The van der Waals surface area contributed by atoms with Crippen molar-refractivity contribution in [1.82, 2.24) is 15.5 Å². The molecule has 0 saturated carbocycles. The molecule has 0 unspecified atom stereocenters. The molecule has 1 aromatic heterocycles. The molecule has 0 aliphatic carbocycles. The highest BCUT2D eigenvalue weighted by Crippen LogP contribution is 2.19. The van der Waals surface area contributed by atoms with E-state index in [0.717, 1.165) is 11.3 Å². The number of amides is 1. The van der Waals surface area contributed by atoms with Crippen LogP contribution in [0.1, 0.15) is 18.4 Å². The lowest BCUT2D eigenvalue weighted by molar-refractivity contribution is -0.120. The summed E-state index contributed by atoms with van der Waals surface area (Å²) in [5.74, 6) is 0.809. The lowest BCUT2D eigenvalue weighted by Crippen LogP contribution is -2.27. The average Bonchev–Trinajstić information content (AvgIpc) is 3.12. The van der Waals surface area contributed by atoms with E-state index in [2.05, 4.69) is 15.5 Å². The molecule has 0 bridgehead atoms. The third kappa shape index (κ3) is 5.13. The van der Waals surface area contributed by atoms with Crippen molar-refractivity contribution >= 4 is 5.91 Å². The molecule has 0 aliphatic heterocycles. The first-order valence-electron chi connectivity index (χ1n) is 8.71. The molecular formula is C20H20FN3O3. The maximum absolute atomic E-state index is 13.7. The fourth-order valence-electron chi connectivity index (χ4n) is 2.54. The van der Waals surface area contributed by atoms with Crippen LogP contribution in [0.4, 0.5) is 4.39 Å². The normalized spacial score (nSPS) is 10.6. The highest BCUT2D eigenvalue weighted by molar-refractivity contribution is 5.78. The van der Waals surface area contributed by atoms with Crippen molar-refractivity contribution in [3.05, 3.63) is 65.8 Å². The first kappa shape index (κ1) is 18.6. The summed E-state index contributed by atoms with van der Waals surface area (Å²) in [5.41, 5.74) is 1.18. The van der Waals surface area contributed by atoms with Crippen molar-refractivity contribution in [2.45, 2.75) is 19.8 Å². The zero-order chi connectivity index (χ0) is 19.1. The Hall–Kier alpha value is -3.22. The van der Waals surface area contributed by atoms with Crippen molar-refractivity contribution in [3.63, 3.8) is 0 Å². The number of rotatable bonds is 8. The number of hydrogen-bond acceptors (Lipinski definition) is 5. The van der Waals surface area contributed by atoms with Crippen LogP contribution in [-0.2, 0) is 17.6 Å². The van der Waals surface area contributed by atoms with Gasteiger partial charge < -0.3 is 14.6 Å². The fourth-order valence-corrected chi connectivity index (χ4v) is 2.54. The summed E-state index contributed by atoms with van der Waals surface area (Å²) >= 11 is 0. The van der Waals surface area contributed by atoms with Crippen molar-refractivity contribution in [3.8, 4) is 17.1 Å². The zero-order valence-corrected chi connectivity index (χ0v) is 14.9. The summed E-state index contributed by atoms with van der Waals surface area (Å²) in [6.07, 6.45) is 0.646. The molecule has 3 rings (SSSR count). The summed E-state index contributed by atoms with van der Waals surface area (Å²) in [5, 5.41) is 6.59. The number of halogens is 1. The Kier molecular flexibility index (Phi) is 6.14. The molecule has 1 amide bonds. The molecule has 0 atom stereocenters. The summed E-state index contributed by atoms with van der Waals surface area (Å²) in [6.45, 7) is 2.88. The van der Waals surface area contributed by atoms with E-state index in [-0.39, 0.29) is 23.7 Å². The predicted octanol–water partition coefficient (Wildman–Crippen LogP) is 3.18. The lowest BCUT2D eigenvalue weighted by atomic mass is 10.1. The quantitative estimate of drug-likeness (QED) is 0.660. The number of nitrogens with zero attached hydrogens (tertiary/aromatic N) is 2. The van der Waals surface area contributed by atoms with Crippen LogP contribution in [-0.4, -0.2) is 29.2 Å². The summed E-state index contributed by atoms with van der Waals surface area (Å²) in [4.78, 5) is 16.2. The molecule has 3 aromatic rings. The van der Waals surface area contributed by atoms with Crippen LogP contribution in [0, 0.1) is 5.82 Å². The molecule has 7 heteroatoms. The van der Waals surface area contributed by atoms with E-state index in [1.165, 1.54) is 6.07 Å². The summed E-state index contributed by atoms with van der Waals surface area (Å²) < 4.78 is 24.2. The van der Waals surface area contributed by atoms with E-state index < -0.39 is 5.82 Å². The zero-order valence-electron chi connectivity index (χ0n) is 14.9. The van der Waals surface area contributed by atoms with Crippen LogP contribution in [0.3, 0.4) is 0 Å². The van der Waals surface area contributed by atoms with Gasteiger partial charge in [-0.1, -0.05) is 29.4 Å². The van der Waals surface area contributed by atoms with Gasteiger partial charge in [-0.2, -0.15) is 4.98 Å². The SMILES string of the molecule is CCOc1ccc(CC(=O)NCCc2nc(-c3ccccc3F)no2)cc1. The van der Waals surface area contributed by atoms with Crippen molar-refractivity contribution in [1.29, 1.82) is 0 Å². The first-order chi connectivity index (χ1) is 13.2. The fraction of sp³-hybridized carbons (Fsp3) is 0.250. The topological polar surface area (TPSA) is 77.2 Å². The number of ether oxygens (including phenoxy) is 1. The highest BCUT2D eigenvalue weighted by Gasteiger charge is 2.12. The Bertz CT molecular complexity index is 893. The number of hydrogen-bond donors (Lipinski definition) is 1. The largest absolute Gasteiger partial charge is 0.494 e. The average molecular weight is 369 g/mol. The van der Waals surface area contributed by atoms with Gasteiger partial charge in [-0.3, -0.25) is 4.79 Å². The Balaban J connectivity index is 1.47. The van der Waals surface area contributed by atoms with Gasteiger partial charge in [0.15, 0.2) is 0 Å². The van der Waals surface area contributed by atoms with Crippen molar-refractivity contribution in [2.75, 3.05) is 13.2 Å². The van der Waals surface area contributed by atoms with Gasteiger partial charge in [0.2, 0.25) is 17.6 Å². The molecule has 0 fully saturated rings. The maximum atomic E-state index is 13.7. The van der Waals surface area contributed by atoms with Gasteiger partial charge in [-0.05, 0) is 36.8 Å². The number of carbonyl (C=O) groups excluding carboxylic acids is 1. The van der Waals surface area contributed by atoms with Gasteiger partial charge in [0.05, 0.1) is 18.6 Å². The number of aromatic nitrogens is 2. The van der Waals surface area contributed by atoms with Crippen LogP contribution < -0.4 is 10.1 Å². The second-order valence-corrected chi connectivity index (χ2v) is 5.85. The third-order valence-corrected chi connectivity index (χ3v) is 3.84. The van der Waals surface area contributed by atoms with Crippen LogP contribution in [0.5, 0.6) is 5.75 Å².